The summed E-state index contributed by atoms with van der Waals surface area (Å²) in [5.41, 5.74) is -0.530. The van der Waals surface area contributed by atoms with E-state index in [-0.39, 0.29) is 12.3 Å². The molecule has 1 aromatic heterocycles. The van der Waals surface area contributed by atoms with Crippen molar-refractivity contribution in [3.05, 3.63) is 11.7 Å². The van der Waals surface area contributed by atoms with Crippen LogP contribution >= 0.6 is 0 Å². The Bertz CT molecular complexity index is 374. The van der Waals surface area contributed by atoms with Gasteiger partial charge in [-0.25, -0.2) is 8.78 Å². The number of alkyl halides is 2. The lowest BCUT2D eigenvalue weighted by Gasteiger charge is -2.37. The summed E-state index contributed by atoms with van der Waals surface area (Å²) in [6, 6.07) is 0. The fraction of sp³-hybridized carbons (Fsp3) is 0.800. The molecule has 0 amide bonds. The molecule has 1 aliphatic carbocycles. The highest BCUT2D eigenvalue weighted by atomic mass is 19.3. The van der Waals surface area contributed by atoms with Gasteiger partial charge in [-0.3, -0.25) is 0 Å². The zero-order valence-corrected chi connectivity index (χ0v) is 9.40. The maximum absolute atomic E-state index is 12.1. The number of ether oxygens (including phenoxy) is 1. The Balaban J connectivity index is 2.05. The quantitative estimate of drug-likeness (QED) is 0.849. The average molecular weight is 248 g/mol. The molecule has 96 valence electrons. The van der Waals surface area contributed by atoms with Gasteiger partial charge in [0.15, 0.2) is 0 Å². The van der Waals surface area contributed by atoms with Gasteiger partial charge in [0.05, 0.1) is 6.42 Å². The first kappa shape index (κ1) is 12.4. The molecule has 1 unspecified atom stereocenters. The van der Waals surface area contributed by atoms with Crippen LogP contribution in [-0.2, 0) is 16.8 Å². The van der Waals surface area contributed by atoms with E-state index in [4.69, 9.17) is 14.4 Å². The normalized spacial score (nSPS) is 20.3. The first-order valence-electron chi connectivity index (χ1n) is 5.42. The molecule has 17 heavy (non-hydrogen) atoms. The van der Waals surface area contributed by atoms with Crippen LogP contribution in [0.2, 0.25) is 0 Å². The van der Waals surface area contributed by atoms with Crippen LogP contribution in [0.25, 0.3) is 0 Å². The lowest BCUT2D eigenvalue weighted by Crippen LogP contribution is -2.37. The summed E-state index contributed by atoms with van der Waals surface area (Å²) in [6.45, 7) is 0. The molecule has 5 nitrogen and oxygen atoms in total. The highest BCUT2D eigenvalue weighted by Crippen LogP contribution is 2.42. The van der Waals surface area contributed by atoms with Gasteiger partial charge in [0.2, 0.25) is 11.7 Å². The zero-order chi connectivity index (χ0) is 12.5. The third-order valence-electron chi connectivity index (χ3n) is 3.10. The van der Waals surface area contributed by atoms with Crippen molar-refractivity contribution in [2.45, 2.75) is 43.8 Å². The minimum Gasteiger partial charge on any atom is -0.387 e. The predicted molar refractivity (Wildman–Crippen MR) is 52.6 cm³/mol. The van der Waals surface area contributed by atoms with Gasteiger partial charge in [-0.15, -0.1) is 0 Å². The number of methoxy groups -OCH3 is 1. The van der Waals surface area contributed by atoms with E-state index in [0.717, 1.165) is 19.3 Å². The summed E-state index contributed by atoms with van der Waals surface area (Å²) in [5.74, 6) is 0.388. The maximum atomic E-state index is 12.1. The van der Waals surface area contributed by atoms with Gasteiger partial charge in [0.1, 0.15) is 11.7 Å². The Morgan fingerprint density at radius 1 is 1.53 bits per heavy atom. The van der Waals surface area contributed by atoms with Crippen LogP contribution in [0.15, 0.2) is 4.52 Å². The number of hydrogen-bond acceptors (Lipinski definition) is 5. The van der Waals surface area contributed by atoms with Crippen molar-refractivity contribution in [3.63, 3.8) is 0 Å². The van der Waals surface area contributed by atoms with Gasteiger partial charge in [-0.05, 0) is 19.3 Å². The number of aliphatic hydroxyl groups is 1. The summed E-state index contributed by atoms with van der Waals surface area (Å²) < 4.78 is 34.4. The summed E-state index contributed by atoms with van der Waals surface area (Å²) in [4.78, 5) is 4.00. The Kier molecular flexibility index (Phi) is 3.39. The minimum absolute atomic E-state index is 0.0103. The number of hydrogen-bond donors (Lipinski definition) is 1. The molecule has 0 radical (unpaired) electrons. The Hall–Kier alpha value is -1.08. The zero-order valence-electron chi connectivity index (χ0n) is 9.40. The molecule has 1 aliphatic rings. The van der Waals surface area contributed by atoms with Crippen LogP contribution < -0.4 is 0 Å². The van der Waals surface area contributed by atoms with Crippen LogP contribution in [0, 0.1) is 0 Å². The van der Waals surface area contributed by atoms with Crippen LogP contribution in [0.5, 0.6) is 0 Å². The van der Waals surface area contributed by atoms with E-state index in [1.807, 2.05) is 0 Å². The molecule has 0 aliphatic heterocycles. The van der Waals surface area contributed by atoms with E-state index in [0.29, 0.717) is 5.82 Å². The molecule has 1 N–H and O–H groups in total. The van der Waals surface area contributed by atoms with Gasteiger partial charge in [-0.1, -0.05) is 5.16 Å². The van der Waals surface area contributed by atoms with Crippen molar-refractivity contribution in [2.75, 3.05) is 7.11 Å². The molecule has 7 heteroatoms. The summed E-state index contributed by atoms with van der Waals surface area (Å²) in [5, 5.41) is 12.7. The first-order valence-corrected chi connectivity index (χ1v) is 5.42. The molecule has 2 rings (SSSR count). The van der Waals surface area contributed by atoms with Crippen molar-refractivity contribution < 1.29 is 23.1 Å². The predicted octanol–water partition coefficient (Wildman–Crippen LogP) is 1.26. The first-order chi connectivity index (χ1) is 8.07. The van der Waals surface area contributed by atoms with Crippen LogP contribution in [0.4, 0.5) is 8.78 Å². The monoisotopic (exact) mass is 248 g/mol. The van der Waals surface area contributed by atoms with E-state index in [9.17, 15) is 8.78 Å². The second kappa shape index (κ2) is 4.66. The second-order valence-electron chi connectivity index (χ2n) is 4.17. The highest BCUT2D eigenvalue weighted by Gasteiger charge is 2.43. The number of halogens is 2. The number of rotatable bonds is 5. The molecular weight excluding hydrogens is 234 g/mol. The van der Waals surface area contributed by atoms with Gasteiger partial charge >= 0.3 is 0 Å². The SMILES string of the molecule is COC1(c2noc(CC(O)C(F)F)n2)CCC1. The van der Waals surface area contributed by atoms with E-state index >= 15 is 0 Å². The van der Waals surface area contributed by atoms with Crippen LogP contribution in [-0.4, -0.2) is 34.9 Å². The number of nitrogens with zero attached hydrogens (tertiary/aromatic N) is 2. The minimum atomic E-state index is -2.81. The molecule has 1 heterocycles. The summed E-state index contributed by atoms with van der Waals surface area (Å²) in [7, 11) is 1.56. The maximum Gasteiger partial charge on any atom is 0.264 e. The summed E-state index contributed by atoms with van der Waals surface area (Å²) in [6.07, 6.45) is -2.34. The lowest BCUT2D eigenvalue weighted by atomic mass is 9.79. The molecule has 0 bridgehead atoms. The van der Waals surface area contributed by atoms with Gasteiger partial charge in [-0.2, -0.15) is 4.98 Å². The number of aromatic nitrogens is 2. The average Bonchev–Trinajstić information content (AvgIpc) is 2.66. The Morgan fingerprint density at radius 2 is 2.24 bits per heavy atom. The van der Waals surface area contributed by atoms with Crippen LogP contribution in [0.3, 0.4) is 0 Å². The lowest BCUT2D eigenvalue weighted by molar-refractivity contribution is -0.0858. The molecule has 1 saturated carbocycles. The fourth-order valence-electron chi connectivity index (χ4n) is 1.81. The van der Waals surface area contributed by atoms with E-state index in [2.05, 4.69) is 10.1 Å². The third-order valence-corrected chi connectivity index (χ3v) is 3.10. The Morgan fingerprint density at radius 3 is 2.71 bits per heavy atom. The number of aliphatic hydroxyl groups excluding tert-OH is 1. The molecule has 1 atom stereocenters. The van der Waals surface area contributed by atoms with Gasteiger partial charge in [0, 0.05) is 7.11 Å². The van der Waals surface area contributed by atoms with E-state index in [1.165, 1.54) is 0 Å². The fourth-order valence-corrected chi connectivity index (χ4v) is 1.81. The van der Waals surface area contributed by atoms with Crippen molar-refractivity contribution in [2.24, 2.45) is 0 Å². The van der Waals surface area contributed by atoms with Crippen molar-refractivity contribution in [1.29, 1.82) is 0 Å². The largest absolute Gasteiger partial charge is 0.387 e. The van der Waals surface area contributed by atoms with Crippen LogP contribution in [0.1, 0.15) is 31.0 Å². The molecule has 1 aromatic rings. The van der Waals surface area contributed by atoms with Gasteiger partial charge < -0.3 is 14.4 Å². The standard InChI is InChI=1S/C10H14F2N2O3/c1-16-10(3-2-4-10)9-13-7(17-14-9)5-6(15)8(11)12/h6,8,15H,2-5H2,1H3. The molecule has 0 aromatic carbocycles. The molecule has 0 spiro atoms. The van der Waals surface area contributed by atoms with Crippen molar-refractivity contribution >= 4 is 0 Å². The van der Waals surface area contributed by atoms with Crippen molar-refractivity contribution in [3.8, 4) is 0 Å². The molecular formula is C10H14F2N2O3. The molecule has 1 fully saturated rings. The van der Waals surface area contributed by atoms with Crippen molar-refractivity contribution in [1.82, 2.24) is 10.1 Å². The Labute approximate surface area is 96.8 Å². The van der Waals surface area contributed by atoms with E-state index in [1.54, 1.807) is 7.11 Å². The molecule has 0 saturated heterocycles. The summed E-state index contributed by atoms with van der Waals surface area (Å²) >= 11 is 0. The van der Waals surface area contributed by atoms with Gasteiger partial charge in [0.25, 0.3) is 6.43 Å². The highest BCUT2D eigenvalue weighted by molar-refractivity contribution is 5.06. The van der Waals surface area contributed by atoms with E-state index < -0.39 is 18.1 Å². The second-order valence-corrected chi connectivity index (χ2v) is 4.17. The third kappa shape index (κ3) is 2.30. The smallest absolute Gasteiger partial charge is 0.264 e. The topological polar surface area (TPSA) is 68.4 Å².